The normalized spacial score (nSPS) is 10.8. The first-order valence-corrected chi connectivity index (χ1v) is 10.3. The number of carbonyl (C=O) groups excluding carboxylic acids is 2. The first-order valence-electron chi connectivity index (χ1n) is 9.40. The summed E-state index contributed by atoms with van der Waals surface area (Å²) in [5.74, 6) is 0.284. The first kappa shape index (κ1) is 21.3. The predicted octanol–water partition coefficient (Wildman–Crippen LogP) is 4.95. The fourth-order valence-electron chi connectivity index (χ4n) is 2.72. The van der Waals surface area contributed by atoms with Gasteiger partial charge in [0.25, 0.3) is 0 Å². The number of aryl methyl sites for hydroxylation is 2. The molecule has 0 aliphatic rings. The van der Waals surface area contributed by atoms with Crippen molar-refractivity contribution in [1.82, 2.24) is 4.98 Å². The highest BCUT2D eigenvalue weighted by Crippen LogP contribution is 2.21. The number of amides is 2. The molecule has 0 unspecified atom stereocenters. The van der Waals surface area contributed by atoms with E-state index >= 15 is 0 Å². The fourth-order valence-corrected chi connectivity index (χ4v) is 3.32. The summed E-state index contributed by atoms with van der Waals surface area (Å²) in [5, 5.41) is 8.54. The molecule has 2 aromatic carbocycles. The molecule has 2 N–H and O–H groups in total. The van der Waals surface area contributed by atoms with Gasteiger partial charge in [-0.2, -0.15) is 0 Å². The van der Waals surface area contributed by atoms with Crippen molar-refractivity contribution in [3.63, 3.8) is 0 Å². The van der Waals surface area contributed by atoms with Gasteiger partial charge in [-0.3, -0.25) is 9.59 Å². The van der Waals surface area contributed by atoms with Crippen LogP contribution in [0.25, 0.3) is 6.08 Å². The molecule has 0 bridgehead atoms. The smallest absolute Gasteiger partial charge is 0.248 e. The number of rotatable bonds is 7. The van der Waals surface area contributed by atoms with E-state index in [1.807, 2.05) is 49.6 Å². The van der Waals surface area contributed by atoms with E-state index in [2.05, 4.69) is 15.6 Å². The second kappa shape index (κ2) is 9.84. The van der Waals surface area contributed by atoms with E-state index in [1.54, 1.807) is 29.5 Å². The number of nitrogens with zero attached hydrogens (tertiary/aromatic N) is 1. The van der Waals surface area contributed by atoms with Crippen LogP contribution in [-0.4, -0.2) is 16.8 Å². The van der Waals surface area contributed by atoms with Gasteiger partial charge in [-0.25, -0.2) is 4.98 Å². The van der Waals surface area contributed by atoms with Gasteiger partial charge in [-0.05, 0) is 55.3 Å². The maximum absolute atomic E-state index is 12.3. The van der Waals surface area contributed by atoms with Gasteiger partial charge in [-0.15, -0.1) is 11.3 Å². The number of aromatic nitrogens is 1. The lowest BCUT2D eigenvalue weighted by molar-refractivity contribution is -0.114. The highest BCUT2D eigenvalue weighted by atomic mass is 32.1. The van der Waals surface area contributed by atoms with E-state index in [0.717, 1.165) is 21.8 Å². The third-order valence-electron chi connectivity index (χ3n) is 4.15. The van der Waals surface area contributed by atoms with Crippen LogP contribution in [-0.2, 0) is 16.2 Å². The van der Waals surface area contributed by atoms with Crippen LogP contribution < -0.4 is 15.4 Å². The maximum Gasteiger partial charge on any atom is 0.248 e. The standard InChI is InChI=1S/C23H23N3O3S/c1-15-7-9-19(12-22(15)24-16(2)27)26-23(28)10-8-18-5-4-6-21(11-18)29-13-20-14-30-17(3)25-20/h4-12,14H,13H2,1-3H3,(H,24,27)(H,26,28). The van der Waals surface area contributed by atoms with Gasteiger partial charge < -0.3 is 15.4 Å². The number of hydrogen-bond donors (Lipinski definition) is 2. The number of hydrogen-bond acceptors (Lipinski definition) is 5. The number of ether oxygens (including phenoxy) is 1. The summed E-state index contributed by atoms with van der Waals surface area (Å²) in [6.45, 7) is 5.70. The van der Waals surface area contributed by atoms with Gasteiger partial charge in [0.2, 0.25) is 11.8 Å². The highest BCUT2D eigenvalue weighted by Gasteiger charge is 2.05. The van der Waals surface area contributed by atoms with Crippen molar-refractivity contribution < 1.29 is 14.3 Å². The zero-order valence-electron chi connectivity index (χ0n) is 17.1. The Labute approximate surface area is 179 Å². The van der Waals surface area contributed by atoms with E-state index in [-0.39, 0.29) is 11.8 Å². The number of carbonyl (C=O) groups is 2. The minimum absolute atomic E-state index is 0.159. The van der Waals surface area contributed by atoms with Crippen LogP contribution in [0.1, 0.15) is 28.8 Å². The van der Waals surface area contributed by atoms with Crippen molar-refractivity contribution in [1.29, 1.82) is 0 Å². The van der Waals surface area contributed by atoms with Gasteiger partial charge >= 0.3 is 0 Å². The topological polar surface area (TPSA) is 80.3 Å². The van der Waals surface area contributed by atoms with Crippen LogP contribution in [0.4, 0.5) is 11.4 Å². The Kier molecular flexibility index (Phi) is 6.98. The van der Waals surface area contributed by atoms with Crippen LogP contribution in [0.2, 0.25) is 0 Å². The molecule has 0 atom stereocenters. The molecule has 3 aromatic rings. The van der Waals surface area contributed by atoms with Crippen molar-refractivity contribution in [3.8, 4) is 5.75 Å². The van der Waals surface area contributed by atoms with Crippen molar-refractivity contribution in [3.05, 3.63) is 75.7 Å². The third-order valence-corrected chi connectivity index (χ3v) is 4.98. The van der Waals surface area contributed by atoms with Crippen LogP contribution in [0, 0.1) is 13.8 Å². The predicted molar refractivity (Wildman–Crippen MR) is 121 cm³/mol. The molecule has 0 aliphatic heterocycles. The molecule has 3 rings (SSSR count). The van der Waals surface area contributed by atoms with Crippen molar-refractivity contribution >= 4 is 40.6 Å². The quantitative estimate of drug-likeness (QED) is 0.529. The molecule has 0 fully saturated rings. The molecule has 0 aliphatic carbocycles. The summed E-state index contributed by atoms with van der Waals surface area (Å²) < 4.78 is 5.78. The molecule has 30 heavy (non-hydrogen) atoms. The molecule has 7 heteroatoms. The van der Waals surface area contributed by atoms with E-state index < -0.39 is 0 Å². The summed E-state index contributed by atoms with van der Waals surface area (Å²) in [4.78, 5) is 27.9. The molecule has 0 spiro atoms. The zero-order chi connectivity index (χ0) is 21.5. The third kappa shape index (κ3) is 6.28. The molecule has 0 radical (unpaired) electrons. The van der Waals surface area contributed by atoms with E-state index in [4.69, 9.17) is 4.74 Å². The second-order valence-corrected chi connectivity index (χ2v) is 7.81. The summed E-state index contributed by atoms with van der Waals surface area (Å²) >= 11 is 1.59. The Morgan fingerprint density at radius 2 is 1.97 bits per heavy atom. The minimum atomic E-state index is -0.267. The Balaban J connectivity index is 1.60. The Morgan fingerprint density at radius 3 is 2.70 bits per heavy atom. The summed E-state index contributed by atoms with van der Waals surface area (Å²) in [6, 6.07) is 12.9. The average Bonchev–Trinajstić information content (AvgIpc) is 3.13. The summed E-state index contributed by atoms with van der Waals surface area (Å²) in [6.07, 6.45) is 3.18. The summed E-state index contributed by atoms with van der Waals surface area (Å²) in [7, 11) is 0. The van der Waals surface area contributed by atoms with Crippen molar-refractivity contribution in [2.75, 3.05) is 10.6 Å². The molecule has 6 nitrogen and oxygen atoms in total. The monoisotopic (exact) mass is 421 g/mol. The lowest BCUT2D eigenvalue weighted by Gasteiger charge is -2.09. The van der Waals surface area contributed by atoms with Crippen LogP contribution >= 0.6 is 11.3 Å². The molecule has 0 saturated heterocycles. The maximum atomic E-state index is 12.3. The second-order valence-electron chi connectivity index (χ2n) is 6.75. The van der Waals surface area contributed by atoms with Crippen molar-refractivity contribution in [2.24, 2.45) is 0 Å². The SMILES string of the molecule is CC(=O)Nc1cc(NC(=O)C=Cc2cccc(OCc3csc(C)n3)c2)ccc1C. The lowest BCUT2D eigenvalue weighted by atomic mass is 10.1. The number of thiazole rings is 1. The zero-order valence-corrected chi connectivity index (χ0v) is 17.9. The number of nitrogens with one attached hydrogen (secondary N) is 2. The molecule has 154 valence electrons. The van der Waals surface area contributed by atoms with E-state index in [0.29, 0.717) is 23.7 Å². The van der Waals surface area contributed by atoms with Crippen LogP contribution in [0.3, 0.4) is 0 Å². The Hall–Kier alpha value is -3.45. The van der Waals surface area contributed by atoms with E-state index in [1.165, 1.54) is 13.0 Å². The van der Waals surface area contributed by atoms with Gasteiger partial charge in [0.1, 0.15) is 12.4 Å². The lowest BCUT2D eigenvalue weighted by Crippen LogP contribution is -2.10. The van der Waals surface area contributed by atoms with Crippen LogP contribution in [0.15, 0.2) is 53.9 Å². The minimum Gasteiger partial charge on any atom is -0.487 e. The van der Waals surface area contributed by atoms with E-state index in [9.17, 15) is 9.59 Å². The first-order chi connectivity index (χ1) is 14.4. The molecular formula is C23H23N3O3S. The van der Waals surface area contributed by atoms with Gasteiger partial charge in [0.05, 0.1) is 10.7 Å². The Bertz CT molecular complexity index is 1090. The largest absolute Gasteiger partial charge is 0.487 e. The molecule has 0 saturated carbocycles. The number of anilines is 2. The van der Waals surface area contributed by atoms with Crippen LogP contribution in [0.5, 0.6) is 5.75 Å². The molecule has 1 aromatic heterocycles. The van der Waals surface area contributed by atoms with Crippen molar-refractivity contribution in [2.45, 2.75) is 27.4 Å². The van der Waals surface area contributed by atoms with Gasteiger partial charge in [0.15, 0.2) is 0 Å². The molecular weight excluding hydrogens is 398 g/mol. The Morgan fingerprint density at radius 1 is 1.13 bits per heavy atom. The fraction of sp³-hybridized carbons (Fsp3) is 0.174. The average molecular weight is 422 g/mol. The highest BCUT2D eigenvalue weighted by molar-refractivity contribution is 7.09. The van der Waals surface area contributed by atoms with Gasteiger partial charge in [0, 0.05) is 29.8 Å². The molecule has 2 amide bonds. The summed E-state index contributed by atoms with van der Waals surface area (Å²) in [5.41, 5.74) is 3.94. The number of benzene rings is 2. The van der Waals surface area contributed by atoms with Gasteiger partial charge in [-0.1, -0.05) is 18.2 Å². The molecule has 1 heterocycles.